The quantitative estimate of drug-likeness (QED) is 0.430. The molecule has 0 spiro atoms. The van der Waals surface area contributed by atoms with E-state index in [1.165, 1.54) is 25.9 Å². The molecule has 0 aromatic rings. The van der Waals surface area contributed by atoms with Crippen molar-refractivity contribution in [3.63, 3.8) is 0 Å². The lowest BCUT2D eigenvalue weighted by Gasteiger charge is -2.37. The maximum atomic E-state index is 5.70. The molecular weight excluding hydrogens is 212 g/mol. The molecule has 0 amide bonds. The van der Waals surface area contributed by atoms with Gasteiger partial charge in [-0.05, 0) is 24.8 Å². The smallest absolute Gasteiger partial charge is 0.188 e. The summed E-state index contributed by atoms with van der Waals surface area (Å²) in [7, 11) is 0. The summed E-state index contributed by atoms with van der Waals surface area (Å²) in [6, 6.07) is 0. The van der Waals surface area contributed by atoms with Gasteiger partial charge in [0.1, 0.15) is 0 Å². The van der Waals surface area contributed by atoms with E-state index in [0.29, 0.717) is 17.9 Å². The predicted octanol–water partition coefficient (Wildman–Crippen LogP) is 1.20. The van der Waals surface area contributed by atoms with E-state index in [1.54, 1.807) is 6.08 Å². The van der Waals surface area contributed by atoms with Crippen LogP contribution in [0.5, 0.6) is 0 Å². The Morgan fingerprint density at radius 2 is 2.35 bits per heavy atom. The lowest BCUT2D eigenvalue weighted by molar-refractivity contribution is 0.121. The van der Waals surface area contributed by atoms with Crippen molar-refractivity contribution >= 4 is 5.96 Å². The van der Waals surface area contributed by atoms with Gasteiger partial charge >= 0.3 is 0 Å². The fourth-order valence-corrected chi connectivity index (χ4v) is 2.28. The van der Waals surface area contributed by atoms with E-state index in [-0.39, 0.29) is 0 Å². The molecule has 0 atom stereocenters. The summed E-state index contributed by atoms with van der Waals surface area (Å²) in [6.07, 6.45) is 4.40. The number of rotatable bonds is 5. The topological polar surface area (TPSA) is 53.6 Å². The fourth-order valence-electron chi connectivity index (χ4n) is 2.28. The van der Waals surface area contributed by atoms with E-state index in [9.17, 15) is 0 Å². The first-order valence-electron chi connectivity index (χ1n) is 6.40. The third-order valence-electron chi connectivity index (χ3n) is 3.11. The highest BCUT2D eigenvalue weighted by molar-refractivity contribution is 5.77. The molecule has 0 saturated carbocycles. The van der Waals surface area contributed by atoms with Crippen LogP contribution >= 0.6 is 0 Å². The SMILES string of the molecule is C=CCNC(N)=NCCN1CCCC(C)(C)C1. The van der Waals surface area contributed by atoms with Crippen LogP contribution in [0.15, 0.2) is 17.6 Å². The molecule has 1 rings (SSSR count). The zero-order valence-electron chi connectivity index (χ0n) is 11.2. The molecule has 0 unspecified atom stereocenters. The van der Waals surface area contributed by atoms with Crippen LogP contribution in [0.4, 0.5) is 0 Å². The summed E-state index contributed by atoms with van der Waals surface area (Å²) >= 11 is 0. The third-order valence-corrected chi connectivity index (χ3v) is 3.11. The number of hydrogen-bond acceptors (Lipinski definition) is 2. The first-order valence-corrected chi connectivity index (χ1v) is 6.40. The molecule has 0 aliphatic carbocycles. The van der Waals surface area contributed by atoms with Crippen LogP contribution in [0.1, 0.15) is 26.7 Å². The van der Waals surface area contributed by atoms with Crippen molar-refractivity contribution in [1.29, 1.82) is 0 Å². The van der Waals surface area contributed by atoms with Crippen molar-refractivity contribution in [1.82, 2.24) is 10.2 Å². The Labute approximate surface area is 105 Å². The van der Waals surface area contributed by atoms with Gasteiger partial charge in [-0.1, -0.05) is 19.9 Å². The van der Waals surface area contributed by atoms with Crippen molar-refractivity contribution < 1.29 is 0 Å². The van der Waals surface area contributed by atoms with E-state index in [1.807, 2.05) is 0 Å². The zero-order valence-corrected chi connectivity index (χ0v) is 11.2. The van der Waals surface area contributed by atoms with Gasteiger partial charge in [0.15, 0.2) is 5.96 Å². The van der Waals surface area contributed by atoms with Gasteiger partial charge in [0.2, 0.25) is 0 Å². The first kappa shape index (κ1) is 14.0. The maximum absolute atomic E-state index is 5.70. The molecule has 0 radical (unpaired) electrons. The maximum Gasteiger partial charge on any atom is 0.188 e. The summed E-state index contributed by atoms with van der Waals surface area (Å²) in [4.78, 5) is 6.78. The van der Waals surface area contributed by atoms with E-state index in [0.717, 1.165) is 13.1 Å². The van der Waals surface area contributed by atoms with Crippen LogP contribution in [0, 0.1) is 5.41 Å². The number of guanidine groups is 1. The number of aliphatic imine (C=N–C) groups is 1. The Kier molecular flexibility index (Phi) is 5.48. The Morgan fingerprint density at radius 3 is 3.00 bits per heavy atom. The lowest BCUT2D eigenvalue weighted by atomic mass is 9.84. The van der Waals surface area contributed by atoms with Crippen LogP contribution in [0.25, 0.3) is 0 Å². The molecule has 1 saturated heterocycles. The third kappa shape index (κ3) is 5.73. The lowest BCUT2D eigenvalue weighted by Crippen LogP contribution is -2.41. The van der Waals surface area contributed by atoms with Crippen LogP contribution in [0.3, 0.4) is 0 Å². The van der Waals surface area contributed by atoms with Gasteiger partial charge in [-0.3, -0.25) is 4.99 Å². The van der Waals surface area contributed by atoms with E-state index < -0.39 is 0 Å². The van der Waals surface area contributed by atoms with Crippen LogP contribution in [-0.2, 0) is 0 Å². The van der Waals surface area contributed by atoms with Crippen LogP contribution in [0.2, 0.25) is 0 Å². The molecule has 1 heterocycles. The van der Waals surface area contributed by atoms with Crippen molar-refractivity contribution in [2.45, 2.75) is 26.7 Å². The van der Waals surface area contributed by atoms with Gasteiger partial charge in [-0.25, -0.2) is 0 Å². The Morgan fingerprint density at radius 1 is 1.59 bits per heavy atom. The fraction of sp³-hybridized carbons (Fsp3) is 0.769. The first-order chi connectivity index (χ1) is 8.03. The normalized spacial score (nSPS) is 21.2. The molecular formula is C13H26N4. The standard InChI is InChI=1S/C13H26N4/c1-4-7-15-12(14)16-8-10-17-9-5-6-13(2,3)11-17/h4H,1,5-11H2,2-3H3,(H3,14,15,16). The number of likely N-dealkylation sites (tertiary alicyclic amines) is 1. The summed E-state index contributed by atoms with van der Waals surface area (Å²) in [5, 5.41) is 2.98. The van der Waals surface area contributed by atoms with Gasteiger partial charge in [0.25, 0.3) is 0 Å². The predicted molar refractivity (Wildman–Crippen MR) is 74.1 cm³/mol. The van der Waals surface area contributed by atoms with Gasteiger partial charge in [0.05, 0.1) is 6.54 Å². The Balaban J connectivity index is 2.24. The zero-order chi connectivity index (χ0) is 12.7. The minimum absolute atomic E-state index is 0.453. The highest BCUT2D eigenvalue weighted by atomic mass is 15.2. The van der Waals surface area contributed by atoms with Gasteiger partial charge in [-0.15, -0.1) is 6.58 Å². The van der Waals surface area contributed by atoms with Crippen molar-refractivity contribution in [3.05, 3.63) is 12.7 Å². The molecule has 17 heavy (non-hydrogen) atoms. The summed E-state index contributed by atoms with van der Waals surface area (Å²) < 4.78 is 0. The highest BCUT2D eigenvalue weighted by Crippen LogP contribution is 2.27. The summed E-state index contributed by atoms with van der Waals surface area (Å²) in [5.74, 6) is 0.515. The van der Waals surface area contributed by atoms with Gasteiger partial charge in [0, 0.05) is 19.6 Å². The molecule has 0 aromatic heterocycles. The van der Waals surface area contributed by atoms with E-state index >= 15 is 0 Å². The van der Waals surface area contributed by atoms with Crippen molar-refractivity contribution in [3.8, 4) is 0 Å². The minimum atomic E-state index is 0.453. The number of piperidine rings is 1. The molecule has 3 N–H and O–H groups in total. The molecule has 4 heteroatoms. The second-order valence-electron chi connectivity index (χ2n) is 5.48. The Hall–Kier alpha value is -1.03. The highest BCUT2D eigenvalue weighted by Gasteiger charge is 2.25. The minimum Gasteiger partial charge on any atom is -0.370 e. The summed E-state index contributed by atoms with van der Waals surface area (Å²) in [5.41, 5.74) is 6.15. The molecule has 98 valence electrons. The number of nitrogens with one attached hydrogen (secondary N) is 1. The van der Waals surface area contributed by atoms with E-state index in [4.69, 9.17) is 5.73 Å². The van der Waals surface area contributed by atoms with Crippen molar-refractivity contribution in [2.24, 2.45) is 16.1 Å². The van der Waals surface area contributed by atoms with Crippen LogP contribution in [-0.4, -0.2) is 43.6 Å². The molecule has 1 fully saturated rings. The average Bonchev–Trinajstić information content (AvgIpc) is 2.25. The number of nitrogens with two attached hydrogens (primary N) is 1. The van der Waals surface area contributed by atoms with E-state index in [2.05, 4.69) is 35.6 Å². The number of nitrogens with zero attached hydrogens (tertiary/aromatic N) is 2. The van der Waals surface area contributed by atoms with Crippen molar-refractivity contribution in [2.75, 3.05) is 32.7 Å². The average molecular weight is 238 g/mol. The number of hydrogen-bond donors (Lipinski definition) is 2. The van der Waals surface area contributed by atoms with Gasteiger partial charge < -0.3 is 16.0 Å². The molecule has 0 aromatic carbocycles. The largest absolute Gasteiger partial charge is 0.370 e. The second-order valence-corrected chi connectivity index (χ2v) is 5.48. The molecule has 4 nitrogen and oxygen atoms in total. The molecule has 0 bridgehead atoms. The molecule has 1 aliphatic rings. The van der Waals surface area contributed by atoms with Crippen LogP contribution < -0.4 is 11.1 Å². The summed E-state index contributed by atoms with van der Waals surface area (Å²) in [6.45, 7) is 13.1. The Bertz CT molecular complexity index is 271. The van der Waals surface area contributed by atoms with Gasteiger partial charge in [-0.2, -0.15) is 0 Å². The molecule has 1 aliphatic heterocycles. The second kappa shape index (κ2) is 6.64. The monoisotopic (exact) mass is 238 g/mol.